The Morgan fingerprint density at radius 1 is 1.50 bits per heavy atom. The van der Waals surface area contributed by atoms with Crippen LogP contribution in [-0.2, 0) is 11.2 Å². The molecule has 0 saturated heterocycles. The van der Waals surface area contributed by atoms with Crippen molar-refractivity contribution in [2.45, 2.75) is 13.3 Å². The number of rotatable bonds is 1. The number of aryl methyl sites for hydroxylation is 1. The first-order valence-corrected chi connectivity index (χ1v) is 4.15. The van der Waals surface area contributed by atoms with Gasteiger partial charge in [0.05, 0.1) is 11.3 Å². The Balaban J connectivity index is 2.63. The maximum Gasteiger partial charge on any atom is 0.293 e. The summed E-state index contributed by atoms with van der Waals surface area (Å²) >= 11 is 0. The first-order valence-electron chi connectivity index (χ1n) is 4.15. The van der Waals surface area contributed by atoms with Crippen LogP contribution in [0, 0.1) is 17.0 Å². The van der Waals surface area contributed by atoms with Crippen LogP contribution in [-0.4, -0.2) is 10.8 Å². The van der Waals surface area contributed by atoms with Gasteiger partial charge in [0.1, 0.15) is 5.69 Å². The van der Waals surface area contributed by atoms with E-state index >= 15 is 0 Å². The maximum absolute atomic E-state index is 11.1. The Bertz CT molecular complexity index is 440. The lowest BCUT2D eigenvalue weighted by molar-refractivity contribution is -0.384. The van der Waals surface area contributed by atoms with Gasteiger partial charge in [0, 0.05) is 6.07 Å². The summed E-state index contributed by atoms with van der Waals surface area (Å²) in [6.45, 7) is 1.77. The zero-order valence-electron chi connectivity index (χ0n) is 7.53. The van der Waals surface area contributed by atoms with E-state index in [0.29, 0.717) is 11.3 Å². The average Bonchev–Trinajstić information content (AvgIpc) is 2.42. The van der Waals surface area contributed by atoms with Crippen molar-refractivity contribution in [2.75, 3.05) is 5.32 Å². The van der Waals surface area contributed by atoms with Crippen LogP contribution in [0.2, 0.25) is 0 Å². The minimum atomic E-state index is -0.475. The van der Waals surface area contributed by atoms with Crippen LogP contribution in [0.1, 0.15) is 11.1 Å². The molecule has 0 spiro atoms. The summed E-state index contributed by atoms with van der Waals surface area (Å²) in [4.78, 5) is 21.3. The largest absolute Gasteiger partial charge is 0.320 e. The minimum Gasteiger partial charge on any atom is -0.320 e. The Hall–Kier alpha value is -1.91. The van der Waals surface area contributed by atoms with E-state index in [1.54, 1.807) is 13.0 Å². The molecule has 0 unspecified atom stereocenters. The molecule has 0 saturated carbocycles. The normalized spacial score (nSPS) is 13.6. The first-order chi connectivity index (χ1) is 6.58. The SMILES string of the molecule is Cc1cc2c(c([N+](=O)[O-])c1)NC(=O)C2. The molecule has 1 N–H and O–H groups in total. The molecule has 0 bridgehead atoms. The molecule has 1 aromatic carbocycles. The molecule has 2 rings (SSSR count). The van der Waals surface area contributed by atoms with Gasteiger partial charge in [-0.15, -0.1) is 0 Å². The van der Waals surface area contributed by atoms with E-state index in [9.17, 15) is 14.9 Å². The zero-order valence-corrected chi connectivity index (χ0v) is 7.53. The third-order valence-electron chi connectivity index (χ3n) is 2.16. The average molecular weight is 192 g/mol. The second-order valence-electron chi connectivity index (χ2n) is 3.30. The maximum atomic E-state index is 11.1. The predicted molar refractivity (Wildman–Crippen MR) is 50.2 cm³/mol. The molecule has 0 aromatic heterocycles. The molecule has 14 heavy (non-hydrogen) atoms. The van der Waals surface area contributed by atoms with Gasteiger partial charge in [-0.1, -0.05) is 6.07 Å². The molecule has 1 amide bonds. The number of nitrogens with one attached hydrogen (secondary N) is 1. The van der Waals surface area contributed by atoms with Crippen LogP contribution >= 0.6 is 0 Å². The zero-order chi connectivity index (χ0) is 10.3. The van der Waals surface area contributed by atoms with Gasteiger partial charge in [-0.25, -0.2) is 0 Å². The van der Waals surface area contributed by atoms with Crippen LogP contribution in [0.4, 0.5) is 11.4 Å². The third-order valence-corrected chi connectivity index (χ3v) is 2.16. The molecule has 0 atom stereocenters. The minimum absolute atomic E-state index is 0.0224. The number of hydrogen-bond acceptors (Lipinski definition) is 3. The van der Waals surface area contributed by atoms with Crippen molar-refractivity contribution in [3.63, 3.8) is 0 Å². The highest BCUT2D eigenvalue weighted by atomic mass is 16.6. The molecule has 5 nitrogen and oxygen atoms in total. The Labute approximate surface area is 79.9 Å². The molecule has 1 aliphatic heterocycles. The summed E-state index contributed by atoms with van der Waals surface area (Å²) in [6, 6.07) is 3.25. The summed E-state index contributed by atoms with van der Waals surface area (Å²) in [7, 11) is 0. The number of fused-ring (bicyclic) bond motifs is 1. The van der Waals surface area contributed by atoms with Gasteiger partial charge >= 0.3 is 0 Å². The molecule has 1 aromatic rings. The Morgan fingerprint density at radius 3 is 2.86 bits per heavy atom. The molecular weight excluding hydrogens is 184 g/mol. The summed E-state index contributed by atoms with van der Waals surface area (Å²) in [5, 5.41) is 13.2. The number of carbonyl (C=O) groups is 1. The van der Waals surface area contributed by atoms with Crippen LogP contribution in [0.25, 0.3) is 0 Å². The molecule has 1 heterocycles. The highest BCUT2D eigenvalue weighted by molar-refractivity contribution is 6.01. The van der Waals surface area contributed by atoms with E-state index in [1.807, 2.05) is 0 Å². The Morgan fingerprint density at radius 2 is 2.21 bits per heavy atom. The second-order valence-corrected chi connectivity index (χ2v) is 3.30. The van der Waals surface area contributed by atoms with E-state index in [0.717, 1.165) is 5.56 Å². The van der Waals surface area contributed by atoms with E-state index in [4.69, 9.17) is 0 Å². The highest BCUT2D eigenvalue weighted by Crippen LogP contribution is 2.33. The van der Waals surface area contributed by atoms with Crippen LogP contribution in [0.3, 0.4) is 0 Å². The van der Waals surface area contributed by atoms with Crippen molar-refractivity contribution in [3.8, 4) is 0 Å². The van der Waals surface area contributed by atoms with Crippen molar-refractivity contribution < 1.29 is 9.72 Å². The highest BCUT2D eigenvalue weighted by Gasteiger charge is 2.26. The van der Waals surface area contributed by atoms with Gasteiger partial charge in [0.2, 0.25) is 5.91 Å². The number of carbonyl (C=O) groups excluding carboxylic acids is 1. The number of nitro benzene ring substituents is 1. The van der Waals surface area contributed by atoms with Crippen molar-refractivity contribution in [2.24, 2.45) is 0 Å². The van der Waals surface area contributed by atoms with Crippen LogP contribution in [0.5, 0.6) is 0 Å². The third kappa shape index (κ3) is 1.22. The molecule has 5 heteroatoms. The van der Waals surface area contributed by atoms with Crippen molar-refractivity contribution in [1.82, 2.24) is 0 Å². The monoisotopic (exact) mass is 192 g/mol. The number of anilines is 1. The number of amides is 1. The molecular formula is C9H8N2O3. The number of nitrogens with zero attached hydrogens (tertiary/aromatic N) is 1. The standard InChI is InChI=1S/C9H8N2O3/c1-5-2-6-4-8(12)10-9(6)7(3-5)11(13)14/h2-3H,4H2,1H3,(H,10,12). The number of nitro groups is 1. The van der Waals surface area contributed by atoms with Crippen LogP contribution in [0.15, 0.2) is 12.1 Å². The van der Waals surface area contributed by atoms with Gasteiger partial charge < -0.3 is 5.32 Å². The van der Waals surface area contributed by atoms with Gasteiger partial charge in [0.25, 0.3) is 5.69 Å². The van der Waals surface area contributed by atoms with Crippen molar-refractivity contribution >= 4 is 17.3 Å². The van der Waals surface area contributed by atoms with Crippen molar-refractivity contribution in [3.05, 3.63) is 33.4 Å². The number of benzene rings is 1. The van der Waals surface area contributed by atoms with Crippen LogP contribution < -0.4 is 5.32 Å². The van der Waals surface area contributed by atoms with E-state index in [2.05, 4.69) is 5.32 Å². The summed E-state index contributed by atoms with van der Waals surface area (Å²) in [5.41, 5.74) is 1.84. The molecule has 0 radical (unpaired) electrons. The Kier molecular flexibility index (Phi) is 1.73. The molecule has 72 valence electrons. The summed E-state index contributed by atoms with van der Waals surface area (Å²) < 4.78 is 0. The van der Waals surface area contributed by atoms with Crippen molar-refractivity contribution in [1.29, 1.82) is 0 Å². The van der Waals surface area contributed by atoms with Gasteiger partial charge in [0.15, 0.2) is 0 Å². The molecule has 0 fully saturated rings. The summed E-state index contributed by atoms with van der Waals surface area (Å²) in [6.07, 6.45) is 0.234. The lowest BCUT2D eigenvalue weighted by Gasteiger charge is -2.01. The lowest BCUT2D eigenvalue weighted by atomic mass is 10.1. The predicted octanol–water partition coefficient (Wildman–Crippen LogP) is 1.40. The summed E-state index contributed by atoms with van der Waals surface area (Å²) in [5.74, 6) is -0.186. The van der Waals surface area contributed by atoms with Gasteiger partial charge in [-0.2, -0.15) is 0 Å². The fourth-order valence-corrected chi connectivity index (χ4v) is 1.63. The number of hydrogen-bond donors (Lipinski definition) is 1. The van der Waals surface area contributed by atoms with Gasteiger partial charge in [-0.05, 0) is 18.1 Å². The van der Waals surface area contributed by atoms with Gasteiger partial charge in [-0.3, -0.25) is 14.9 Å². The smallest absolute Gasteiger partial charge is 0.293 e. The van der Waals surface area contributed by atoms with E-state index < -0.39 is 4.92 Å². The topological polar surface area (TPSA) is 72.2 Å². The fraction of sp³-hybridized carbons (Fsp3) is 0.222. The quantitative estimate of drug-likeness (QED) is 0.539. The fourth-order valence-electron chi connectivity index (χ4n) is 1.63. The van der Waals surface area contributed by atoms with E-state index in [-0.39, 0.29) is 18.0 Å². The van der Waals surface area contributed by atoms with E-state index in [1.165, 1.54) is 6.07 Å². The molecule has 0 aliphatic carbocycles. The lowest BCUT2D eigenvalue weighted by Crippen LogP contribution is -2.04. The second kappa shape index (κ2) is 2.80. The first kappa shape index (κ1) is 8.68. The molecule has 1 aliphatic rings.